The van der Waals surface area contributed by atoms with Crippen LogP contribution < -0.4 is 10.1 Å². The topological polar surface area (TPSA) is 165 Å². The van der Waals surface area contributed by atoms with Crippen molar-refractivity contribution in [1.29, 1.82) is 0 Å². The summed E-state index contributed by atoms with van der Waals surface area (Å²) < 4.78 is 5.17. The quantitative estimate of drug-likeness (QED) is 0.267. The third kappa shape index (κ3) is 11.2. The lowest BCUT2D eigenvalue weighted by molar-refractivity contribution is -0.134. The number of ether oxygens (including phenoxy) is 1. The van der Waals surface area contributed by atoms with E-state index in [-0.39, 0.29) is 11.8 Å². The molecular weight excluding hydrogens is 494 g/mol. The van der Waals surface area contributed by atoms with Gasteiger partial charge in [-0.1, -0.05) is 0 Å². The van der Waals surface area contributed by atoms with Crippen molar-refractivity contribution in [2.75, 3.05) is 45.2 Å². The molecule has 1 aliphatic heterocycles. The lowest BCUT2D eigenvalue weighted by atomic mass is 10.1. The maximum absolute atomic E-state index is 12.2. The Balaban J connectivity index is 0.000000550. The van der Waals surface area contributed by atoms with Gasteiger partial charge in [0.15, 0.2) is 5.82 Å². The molecule has 1 saturated heterocycles. The number of nitrogens with one attached hydrogen (secondary N) is 2. The predicted molar refractivity (Wildman–Crippen MR) is 141 cm³/mol. The maximum Gasteiger partial charge on any atom is 0.328 e. The summed E-state index contributed by atoms with van der Waals surface area (Å²) in [5, 5.41) is 25.6. The van der Waals surface area contributed by atoms with Gasteiger partial charge in [-0.2, -0.15) is 5.10 Å². The number of aromatic amines is 1. The first kappa shape index (κ1) is 30.0. The van der Waals surface area contributed by atoms with Gasteiger partial charge in [-0.05, 0) is 62.2 Å². The molecule has 0 radical (unpaired) electrons. The number of carbonyl (C=O) groups is 4. The molecule has 1 fully saturated rings. The molecule has 1 aromatic carbocycles. The van der Waals surface area contributed by atoms with Crippen molar-refractivity contribution >= 4 is 29.6 Å². The molecule has 2 heterocycles. The Morgan fingerprint density at radius 3 is 2.32 bits per heavy atom. The summed E-state index contributed by atoms with van der Waals surface area (Å²) in [6.07, 6.45) is 4.39. The average Bonchev–Trinajstić information content (AvgIpc) is 3.21. The molecule has 2 amide bonds. The number of hydrogen-bond donors (Lipinski definition) is 4. The fraction of sp³-hybridized carbons (Fsp3) is 0.423. The molecule has 12 heteroatoms. The minimum Gasteiger partial charge on any atom is -0.497 e. The number of hydrogen-bond acceptors (Lipinski definition) is 7. The summed E-state index contributed by atoms with van der Waals surface area (Å²) in [5.41, 5.74) is 1.82. The Hall–Kier alpha value is -4.19. The van der Waals surface area contributed by atoms with Crippen molar-refractivity contribution < 1.29 is 34.1 Å². The zero-order chi connectivity index (χ0) is 27.9. The first-order valence-electron chi connectivity index (χ1n) is 12.3. The van der Waals surface area contributed by atoms with Gasteiger partial charge in [0.25, 0.3) is 0 Å². The van der Waals surface area contributed by atoms with E-state index in [2.05, 4.69) is 20.4 Å². The number of carboxylic acids is 2. The van der Waals surface area contributed by atoms with Crippen LogP contribution in [0.25, 0.3) is 11.3 Å². The third-order valence-corrected chi connectivity index (χ3v) is 5.78. The molecule has 1 aliphatic rings. The number of nitrogens with zero attached hydrogens (tertiary/aromatic N) is 3. The number of H-pyrrole nitrogens is 1. The normalized spacial score (nSPS) is 13.8. The molecule has 206 valence electrons. The van der Waals surface area contributed by atoms with E-state index in [1.54, 1.807) is 14.0 Å². The minimum absolute atomic E-state index is 0.0265. The fourth-order valence-corrected chi connectivity index (χ4v) is 3.78. The first-order chi connectivity index (χ1) is 18.2. The lowest BCUT2D eigenvalue weighted by Crippen LogP contribution is -2.34. The minimum atomic E-state index is -1.26. The van der Waals surface area contributed by atoms with Crippen LogP contribution in [0, 0.1) is 0 Å². The van der Waals surface area contributed by atoms with Crippen LogP contribution >= 0.6 is 0 Å². The molecule has 3 rings (SSSR count). The zero-order valence-electron chi connectivity index (χ0n) is 21.7. The van der Waals surface area contributed by atoms with E-state index in [9.17, 15) is 19.2 Å². The van der Waals surface area contributed by atoms with Gasteiger partial charge in [-0.3, -0.25) is 14.7 Å². The fourth-order valence-electron chi connectivity index (χ4n) is 3.78. The van der Waals surface area contributed by atoms with Crippen molar-refractivity contribution in [3.8, 4) is 17.0 Å². The van der Waals surface area contributed by atoms with E-state index in [0.29, 0.717) is 24.4 Å². The highest BCUT2D eigenvalue weighted by Gasteiger charge is 2.16. The summed E-state index contributed by atoms with van der Waals surface area (Å²) >= 11 is 0. The van der Waals surface area contributed by atoms with Gasteiger partial charge in [0, 0.05) is 51.2 Å². The van der Waals surface area contributed by atoms with Crippen molar-refractivity contribution in [1.82, 2.24) is 20.0 Å². The Morgan fingerprint density at radius 2 is 1.71 bits per heavy atom. The standard InChI is InChI=1S/C22H31N5O3.C4H4O4/c1-17(28)27-13-5-12-26(14-15-27)11-4-3-6-22(29)23-21-16-20(24-25-21)18-7-9-19(30-2)10-8-18;5-3(6)1-2-4(7)8/h7-10,16H,3-6,11-15H2,1-2H3,(H2,23,24,25,29);1-2H,(H,5,6)(H,7,8)/b;2-1+. The van der Waals surface area contributed by atoms with Gasteiger partial charge < -0.3 is 30.1 Å². The molecule has 2 aromatic rings. The number of unbranched alkanes of at least 4 members (excludes halogenated alkanes) is 1. The van der Waals surface area contributed by atoms with Crippen LogP contribution in [0.5, 0.6) is 5.75 Å². The van der Waals surface area contributed by atoms with Crippen LogP contribution in [-0.2, 0) is 19.2 Å². The van der Waals surface area contributed by atoms with Gasteiger partial charge >= 0.3 is 11.9 Å². The molecular formula is C26H35N5O7. The molecule has 0 bridgehead atoms. The number of aromatic nitrogens is 2. The second-order valence-corrected chi connectivity index (χ2v) is 8.61. The highest BCUT2D eigenvalue weighted by Crippen LogP contribution is 2.22. The highest BCUT2D eigenvalue weighted by atomic mass is 16.5. The summed E-state index contributed by atoms with van der Waals surface area (Å²) in [7, 11) is 1.63. The van der Waals surface area contributed by atoms with E-state index in [0.717, 1.165) is 69.0 Å². The molecule has 0 atom stereocenters. The third-order valence-electron chi connectivity index (χ3n) is 5.78. The Bertz CT molecular complexity index is 1080. The van der Waals surface area contributed by atoms with Crippen molar-refractivity contribution in [3.63, 3.8) is 0 Å². The number of carbonyl (C=O) groups excluding carboxylic acids is 2. The SMILES string of the molecule is COc1ccc(-c2cc(NC(=O)CCCCN3CCCN(C(C)=O)CC3)n[nH]2)cc1.O=C(O)/C=C/C(=O)O. The molecule has 4 N–H and O–H groups in total. The van der Waals surface area contributed by atoms with Crippen molar-refractivity contribution in [2.45, 2.75) is 32.6 Å². The smallest absolute Gasteiger partial charge is 0.328 e. The Morgan fingerprint density at radius 1 is 1.03 bits per heavy atom. The molecule has 0 spiro atoms. The highest BCUT2D eigenvalue weighted by molar-refractivity contribution is 5.90. The predicted octanol–water partition coefficient (Wildman–Crippen LogP) is 2.46. The number of anilines is 1. The van der Waals surface area contributed by atoms with Gasteiger partial charge in [-0.15, -0.1) is 0 Å². The van der Waals surface area contributed by atoms with Gasteiger partial charge in [0.2, 0.25) is 11.8 Å². The zero-order valence-corrected chi connectivity index (χ0v) is 21.7. The largest absolute Gasteiger partial charge is 0.497 e. The van der Waals surface area contributed by atoms with Crippen LogP contribution in [-0.4, -0.2) is 93.8 Å². The molecule has 0 aliphatic carbocycles. The molecule has 38 heavy (non-hydrogen) atoms. The summed E-state index contributed by atoms with van der Waals surface area (Å²) in [6.45, 7) is 6.16. The maximum atomic E-state index is 12.2. The van der Waals surface area contributed by atoms with Crippen LogP contribution in [0.3, 0.4) is 0 Å². The number of benzene rings is 1. The summed E-state index contributed by atoms with van der Waals surface area (Å²) in [6, 6.07) is 9.48. The van der Waals surface area contributed by atoms with Crippen LogP contribution in [0.2, 0.25) is 0 Å². The number of amides is 2. The van der Waals surface area contributed by atoms with E-state index < -0.39 is 11.9 Å². The second kappa shape index (κ2) is 15.8. The Kier molecular flexibility index (Phi) is 12.5. The average molecular weight is 530 g/mol. The van der Waals surface area contributed by atoms with E-state index >= 15 is 0 Å². The van der Waals surface area contributed by atoms with Gasteiger partial charge in [0.05, 0.1) is 12.8 Å². The van der Waals surface area contributed by atoms with Gasteiger partial charge in [0.1, 0.15) is 5.75 Å². The number of aliphatic carboxylic acids is 2. The second-order valence-electron chi connectivity index (χ2n) is 8.61. The molecule has 0 saturated carbocycles. The van der Waals surface area contributed by atoms with Crippen molar-refractivity contribution in [2.24, 2.45) is 0 Å². The monoisotopic (exact) mass is 529 g/mol. The lowest BCUT2D eigenvalue weighted by Gasteiger charge is -2.20. The number of rotatable bonds is 10. The van der Waals surface area contributed by atoms with Crippen LogP contribution in [0.4, 0.5) is 5.82 Å². The number of methoxy groups -OCH3 is 1. The van der Waals surface area contributed by atoms with Crippen LogP contribution in [0.1, 0.15) is 32.6 Å². The Labute approximate surface area is 221 Å². The van der Waals surface area contributed by atoms with Crippen LogP contribution in [0.15, 0.2) is 42.5 Å². The van der Waals surface area contributed by atoms with E-state index in [4.69, 9.17) is 14.9 Å². The van der Waals surface area contributed by atoms with Crippen molar-refractivity contribution in [3.05, 3.63) is 42.5 Å². The van der Waals surface area contributed by atoms with Gasteiger partial charge in [-0.25, -0.2) is 9.59 Å². The molecule has 0 unspecified atom stereocenters. The summed E-state index contributed by atoms with van der Waals surface area (Å²) in [5.74, 6) is -1.06. The number of carboxylic acid groups (broad SMARTS) is 2. The van der Waals surface area contributed by atoms with E-state index in [1.165, 1.54) is 0 Å². The first-order valence-corrected chi connectivity index (χ1v) is 12.3. The molecule has 12 nitrogen and oxygen atoms in total. The molecule has 1 aromatic heterocycles. The summed E-state index contributed by atoms with van der Waals surface area (Å²) in [4.78, 5) is 47.1. The van der Waals surface area contributed by atoms with E-state index in [1.807, 2.05) is 35.2 Å².